The van der Waals surface area contributed by atoms with Gasteiger partial charge in [0.1, 0.15) is 5.82 Å². The van der Waals surface area contributed by atoms with E-state index in [1.807, 2.05) is 14.1 Å². The average Bonchev–Trinajstić information content (AvgIpc) is 3.28. The summed E-state index contributed by atoms with van der Waals surface area (Å²) in [7, 11) is 3.91. The largest absolute Gasteiger partial charge is 0.318 e. The summed E-state index contributed by atoms with van der Waals surface area (Å²) in [6, 6.07) is 1.40. The number of aromatic amines is 1. The molecule has 1 fully saturated rings. The number of aromatic nitrogens is 3. The molecule has 2 aromatic rings. The van der Waals surface area contributed by atoms with Gasteiger partial charge in [0.2, 0.25) is 0 Å². The quantitative estimate of drug-likeness (QED) is 0.757. The zero-order chi connectivity index (χ0) is 18.5. The SMILES string of the molecule is CNCCN(C)Cc1cn[nH]c1-c1cc(=O)n(CC2CCCC2)cc1F. The van der Waals surface area contributed by atoms with Crippen LogP contribution in [-0.2, 0) is 13.1 Å². The maximum atomic E-state index is 14.8. The Balaban J connectivity index is 1.80. The second-order valence-corrected chi connectivity index (χ2v) is 7.29. The van der Waals surface area contributed by atoms with Crippen LogP contribution in [0.4, 0.5) is 4.39 Å². The Morgan fingerprint density at radius 2 is 2.19 bits per heavy atom. The number of halogens is 1. The second-order valence-electron chi connectivity index (χ2n) is 7.29. The molecule has 0 amide bonds. The molecular formula is C19H28FN5O. The summed E-state index contributed by atoms with van der Waals surface area (Å²) in [5, 5.41) is 10.0. The van der Waals surface area contributed by atoms with Gasteiger partial charge in [0.05, 0.1) is 11.9 Å². The molecule has 1 saturated carbocycles. The standard InChI is InChI=1S/C19H28FN5O/c1-21-7-8-24(2)12-15-10-22-23-19(15)16-9-18(26)25(13-17(16)20)11-14-5-3-4-6-14/h9-10,13-14,21H,3-8,11-12H2,1-2H3,(H,22,23). The van der Waals surface area contributed by atoms with Crippen LogP contribution in [0.1, 0.15) is 31.2 Å². The van der Waals surface area contributed by atoms with E-state index in [0.29, 0.717) is 30.3 Å². The third-order valence-electron chi connectivity index (χ3n) is 5.18. The van der Waals surface area contributed by atoms with Gasteiger partial charge in [0, 0.05) is 49.6 Å². The van der Waals surface area contributed by atoms with E-state index in [4.69, 9.17) is 0 Å². The molecule has 0 aliphatic heterocycles. The lowest BCUT2D eigenvalue weighted by molar-refractivity contribution is 0.328. The Morgan fingerprint density at radius 3 is 2.92 bits per heavy atom. The zero-order valence-electron chi connectivity index (χ0n) is 15.6. The highest BCUT2D eigenvalue weighted by Gasteiger charge is 2.19. The average molecular weight is 361 g/mol. The van der Waals surface area contributed by atoms with Gasteiger partial charge in [-0.25, -0.2) is 4.39 Å². The summed E-state index contributed by atoms with van der Waals surface area (Å²) >= 11 is 0. The van der Waals surface area contributed by atoms with Crippen LogP contribution in [0.3, 0.4) is 0 Å². The molecule has 0 atom stereocenters. The smallest absolute Gasteiger partial charge is 0.251 e. The van der Waals surface area contributed by atoms with Crippen molar-refractivity contribution in [2.24, 2.45) is 5.92 Å². The highest BCUT2D eigenvalue weighted by atomic mass is 19.1. The van der Waals surface area contributed by atoms with Gasteiger partial charge in [0.15, 0.2) is 0 Å². The van der Waals surface area contributed by atoms with Crippen LogP contribution in [-0.4, -0.2) is 46.8 Å². The fraction of sp³-hybridized carbons (Fsp3) is 0.579. The van der Waals surface area contributed by atoms with E-state index < -0.39 is 0 Å². The molecule has 2 aromatic heterocycles. The van der Waals surface area contributed by atoms with Crippen LogP contribution in [0.5, 0.6) is 0 Å². The van der Waals surface area contributed by atoms with Crippen LogP contribution >= 0.6 is 0 Å². The molecule has 2 heterocycles. The minimum atomic E-state index is -0.383. The topological polar surface area (TPSA) is 66.0 Å². The van der Waals surface area contributed by atoms with E-state index in [-0.39, 0.29) is 11.4 Å². The van der Waals surface area contributed by atoms with Crippen LogP contribution in [0.25, 0.3) is 11.3 Å². The molecule has 0 bridgehead atoms. The van der Waals surface area contributed by atoms with E-state index in [1.165, 1.54) is 29.7 Å². The Hall–Kier alpha value is -1.99. The number of nitrogens with one attached hydrogen (secondary N) is 2. The lowest BCUT2D eigenvalue weighted by Gasteiger charge is -2.17. The van der Waals surface area contributed by atoms with Gasteiger partial charge in [-0.3, -0.25) is 9.89 Å². The number of likely N-dealkylation sites (N-methyl/N-ethyl adjacent to an activating group) is 2. The maximum absolute atomic E-state index is 14.8. The Kier molecular flexibility index (Phi) is 6.21. The van der Waals surface area contributed by atoms with E-state index in [1.54, 1.807) is 6.20 Å². The van der Waals surface area contributed by atoms with Gasteiger partial charge < -0.3 is 14.8 Å². The number of pyridine rings is 1. The second kappa shape index (κ2) is 8.60. The van der Waals surface area contributed by atoms with Gasteiger partial charge in [-0.05, 0) is 32.9 Å². The van der Waals surface area contributed by atoms with Crippen molar-refractivity contribution in [1.82, 2.24) is 25.0 Å². The molecule has 2 N–H and O–H groups in total. The summed E-state index contributed by atoms with van der Waals surface area (Å²) in [5.74, 6) is 0.104. The summed E-state index contributed by atoms with van der Waals surface area (Å²) < 4.78 is 16.3. The molecule has 142 valence electrons. The molecule has 0 saturated heterocycles. The zero-order valence-corrected chi connectivity index (χ0v) is 15.6. The number of hydrogen-bond acceptors (Lipinski definition) is 4. The predicted octanol–water partition coefficient (Wildman–Crippen LogP) is 2.22. The number of nitrogens with zero attached hydrogens (tertiary/aromatic N) is 3. The lowest BCUT2D eigenvalue weighted by atomic mass is 10.1. The molecule has 6 nitrogen and oxygen atoms in total. The molecule has 3 rings (SSSR count). The van der Waals surface area contributed by atoms with Crippen molar-refractivity contribution in [2.45, 2.75) is 38.8 Å². The highest BCUT2D eigenvalue weighted by Crippen LogP contribution is 2.27. The first-order valence-electron chi connectivity index (χ1n) is 9.34. The number of hydrogen-bond donors (Lipinski definition) is 2. The van der Waals surface area contributed by atoms with Crippen LogP contribution < -0.4 is 10.9 Å². The molecule has 0 radical (unpaired) electrons. The summed E-state index contributed by atoms with van der Waals surface area (Å²) in [4.78, 5) is 14.6. The van der Waals surface area contributed by atoms with E-state index in [0.717, 1.165) is 31.5 Å². The summed E-state index contributed by atoms with van der Waals surface area (Å²) in [6.45, 7) is 2.98. The van der Waals surface area contributed by atoms with Crippen molar-refractivity contribution in [1.29, 1.82) is 0 Å². The number of H-pyrrole nitrogens is 1. The molecule has 7 heteroatoms. The monoisotopic (exact) mass is 361 g/mol. The van der Waals surface area contributed by atoms with Crippen LogP contribution in [0, 0.1) is 11.7 Å². The van der Waals surface area contributed by atoms with Crippen LogP contribution in [0.15, 0.2) is 23.3 Å². The van der Waals surface area contributed by atoms with Gasteiger partial charge in [0.25, 0.3) is 5.56 Å². The van der Waals surface area contributed by atoms with E-state index in [2.05, 4.69) is 20.4 Å². The first kappa shape index (κ1) is 18.8. The van der Waals surface area contributed by atoms with Gasteiger partial charge >= 0.3 is 0 Å². The fourth-order valence-electron chi connectivity index (χ4n) is 3.69. The highest BCUT2D eigenvalue weighted by molar-refractivity contribution is 5.62. The molecule has 1 aliphatic rings. The van der Waals surface area contributed by atoms with E-state index in [9.17, 15) is 9.18 Å². The molecular weight excluding hydrogens is 333 g/mol. The number of rotatable bonds is 8. The molecule has 1 aliphatic carbocycles. The third-order valence-corrected chi connectivity index (χ3v) is 5.18. The van der Waals surface area contributed by atoms with Crippen molar-refractivity contribution in [3.63, 3.8) is 0 Å². The molecule has 0 aromatic carbocycles. The predicted molar refractivity (Wildman–Crippen MR) is 100 cm³/mol. The molecule has 0 spiro atoms. The Bertz CT molecular complexity index is 778. The first-order valence-corrected chi connectivity index (χ1v) is 9.34. The van der Waals surface area contributed by atoms with Gasteiger partial charge in [-0.15, -0.1) is 0 Å². The fourth-order valence-corrected chi connectivity index (χ4v) is 3.69. The maximum Gasteiger partial charge on any atom is 0.251 e. The summed E-state index contributed by atoms with van der Waals surface area (Å²) in [6.07, 6.45) is 7.72. The molecule has 0 unspecified atom stereocenters. The third kappa shape index (κ3) is 4.40. The van der Waals surface area contributed by atoms with Gasteiger partial charge in [-0.1, -0.05) is 12.8 Å². The van der Waals surface area contributed by atoms with E-state index >= 15 is 0 Å². The lowest BCUT2D eigenvalue weighted by Crippen LogP contribution is -2.27. The van der Waals surface area contributed by atoms with Crippen molar-refractivity contribution >= 4 is 0 Å². The minimum absolute atomic E-state index is 0.155. The van der Waals surface area contributed by atoms with Crippen LogP contribution in [0.2, 0.25) is 0 Å². The van der Waals surface area contributed by atoms with Gasteiger partial charge in [-0.2, -0.15) is 5.10 Å². The molecule has 26 heavy (non-hydrogen) atoms. The van der Waals surface area contributed by atoms with Crippen molar-refractivity contribution in [3.05, 3.63) is 40.2 Å². The normalized spacial score (nSPS) is 15.2. The Morgan fingerprint density at radius 1 is 1.42 bits per heavy atom. The Labute approximate surface area is 153 Å². The summed E-state index contributed by atoms with van der Waals surface area (Å²) in [5.41, 5.74) is 1.61. The van der Waals surface area contributed by atoms with Crippen molar-refractivity contribution < 1.29 is 4.39 Å². The van der Waals surface area contributed by atoms with Crippen molar-refractivity contribution in [2.75, 3.05) is 27.2 Å². The first-order chi connectivity index (χ1) is 12.6. The minimum Gasteiger partial charge on any atom is -0.318 e. The van der Waals surface area contributed by atoms with Crippen molar-refractivity contribution in [3.8, 4) is 11.3 Å².